The van der Waals surface area contributed by atoms with Crippen LogP contribution in [0.2, 0.25) is 0 Å². The molecule has 156 valence electrons. The topological polar surface area (TPSA) is 123 Å². The van der Waals surface area contributed by atoms with Crippen molar-refractivity contribution in [1.82, 2.24) is 9.13 Å². The highest BCUT2D eigenvalue weighted by atomic mass is 16.6. The summed E-state index contributed by atoms with van der Waals surface area (Å²) in [7, 11) is 1.26. The van der Waals surface area contributed by atoms with Gasteiger partial charge >= 0.3 is 11.7 Å². The summed E-state index contributed by atoms with van der Waals surface area (Å²) in [5, 5.41) is 0. The maximum absolute atomic E-state index is 12.5. The molecular formula is C20H25N3O6. The molecule has 29 heavy (non-hydrogen) atoms. The molecule has 0 bridgehead atoms. The van der Waals surface area contributed by atoms with Gasteiger partial charge < -0.3 is 15.2 Å². The maximum atomic E-state index is 12.5. The summed E-state index contributed by atoms with van der Waals surface area (Å²) in [6, 6.07) is 5.44. The van der Waals surface area contributed by atoms with Crippen LogP contribution in [0.5, 0.6) is 5.75 Å². The van der Waals surface area contributed by atoms with Crippen LogP contribution in [-0.4, -0.2) is 34.1 Å². The van der Waals surface area contributed by atoms with Crippen molar-refractivity contribution in [3.8, 4) is 5.75 Å². The molecule has 0 aliphatic heterocycles. The minimum atomic E-state index is -0.826. The number of aryl methyl sites for hydroxylation is 1. The number of rotatable bonds is 8. The Balaban J connectivity index is 2.09. The van der Waals surface area contributed by atoms with Crippen LogP contribution in [0.15, 0.2) is 27.8 Å². The van der Waals surface area contributed by atoms with E-state index in [1.807, 2.05) is 26.8 Å². The first-order chi connectivity index (χ1) is 13.7. The lowest BCUT2D eigenvalue weighted by atomic mass is 10.1. The Kier molecular flexibility index (Phi) is 6.98. The van der Waals surface area contributed by atoms with Crippen molar-refractivity contribution in [1.29, 1.82) is 0 Å². The second-order valence-electron chi connectivity index (χ2n) is 6.63. The fourth-order valence-electron chi connectivity index (χ4n) is 2.76. The highest BCUT2D eigenvalue weighted by Crippen LogP contribution is 2.20. The van der Waals surface area contributed by atoms with E-state index in [-0.39, 0.29) is 24.5 Å². The number of aromatic nitrogens is 2. The molecule has 0 saturated carbocycles. The molecule has 1 aromatic carbocycles. The van der Waals surface area contributed by atoms with Gasteiger partial charge in [0.05, 0.1) is 0 Å². The average molecular weight is 403 g/mol. The number of Topliss-reactive ketones (excluding diaryl/α,β-unsaturated/α-hetero) is 1. The van der Waals surface area contributed by atoms with Gasteiger partial charge in [-0.25, -0.2) is 9.59 Å². The van der Waals surface area contributed by atoms with Gasteiger partial charge in [-0.2, -0.15) is 0 Å². The van der Waals surface area contributed by atoms with Crippen molar-refractivity contribution in [2.24, 2.45) is 7.05 Å². The van der Waals surface area contributed by atoms with Gasteiger partial charge in [-0.3, -0.25) is 18.7 Å². The molecular weight excluding hydrogens is 378 g/mol. The number of nitrogen functional groups attached to an aromatic ring is 1. The lowest BCUT2D eigenvalue weighted by Crippen LogP contribution is -2.43. The van der Waals surface area contributed by atoms with E-state index in [4.69, 9.17) is 15.2 Å². The number of ether oxygens (including phenoxy) is 2. The van der Waals surface area contributed by atoms with Gasteiger partial charge in [0.2, 0.25) is 5.78 Å². The molecule has 9 nitrogen and oxygen atoms in total. The van der Waals surface area contributed by atoms with E-state index in [1.54, 1.807) is 12.1 Å². The standard InChI is InChI=1S/C20H25N3O6/c1-5-9-23-18(21)17(19(26)22(4)20(23)27)14(24)10-29-16(25)11-28-15-8-6-7-12(2)13(15)3/h6-8H,5,9-11,21H2,1-4H3. The van der Waals surface area contributed by atoms with E-state index in [2.05, 4.69) is 0 Å². The summed E-state index contributed by atoms with van der Waals surface area (Å²) in [4.78, 5) is 48.9. The molecule has 0 amide bonds. The van der Waals surface area contributed by atoms with Crippen molar-refractivity contribution in [3.63, 3.8) is 0 Å². The molecule has 1 heterocycles. The number of anilines is 1. The molecule has 0 atom stereocenters. The predicted octanol–water partition coefficient (Wildman–Crippen LogP) is 0.961. The van der Waals surface area contributed by atoms with Crippen LogP contribution in [0.1, 0.15) is 34.8 Å². The number of nitrogens with zero attached hydrogens (tertiary/aromatic N) is 2. The SMILES string of the molecule is CCCn1c(N)c(C(=O)COC(=O)COc2cccc(C)c2C)c(=O)n(C)c1=O. The van der Waals surface area contributed by atoms with Crippen LogP contribution < -0.4 is 21.7 Å². The molecule has 1 aromatic heterocycles. The molecule has 0 spiro atoms. The Morgan fingerprint density at radius 2 is 1.83 bits per heavy atom. The number of carbonyl (C=O) groups excluding carboxylic acids is 2. The van der Waals surface area contributed by atoms with Crippen LogP contribution in [0, 0.1) is 13.8 Å². The van der Waals surface area contributed by atoms with Crippen molar-refractivity contribution in [2.45, 2.75) is 33.7 Å². The van der Waals surface area contributed by atoms with Gasteiger partial charge in [0, 0.05) is 13.6 Å². The molecule has 2 aromatic rings. The lowest BCUT2D eigenvalue weighted by molar-refractivity contribution is -0.144. The number of benzene rings is 1. The second kappa shape index (κ2) is 9.22. The summed E-state index contributed by atoms with van der Waals surface area (Å²) in [6.07, 6.45) is 0.584. The largest absolute Gasteiger partial charge is 0.482 e. The quantitative estimate of drug-likeness (QED) is 0.514. The van der Waals surface area contributed by atoms with E-state index < -0.39 is 29.6 Å². The first-order valence-corrected chi connectivity index (χ1v) is 9.16. The van der Waals surface area contributed by atoms with Crippen LogP contribution in [-0.2, 0) is 23.1 Å². The van der Waals surface area contributed by atoms with Crippen LogP contribution in [0.4, 0.5) is 5.82 Å². The summed E-state index contributed by atoms with van der Waals surface area (Å²) in [5.41, 5.74) is 5.98. The minimum Gasteiger partial charge on any atom is -0.482 e. The predicted molar refractivity (Wildman–Crippen MR) is 107 cm³/mol. The minimum absolute atomic E-state index is 0.229. The Labute approximate surface area is 167 Å². The Morgan fingerprint density at radius 3 is 2.48 bits per heavy atom. The van der Waals surface area contributed by atoms with E-state index in [9.17, 15) is 19.2 Å². The van der Waals surface area contributed by atoms with Crippen LogP contribution >= 0.6 is 0 Å². The summed E-state index contributed by atoms with van der Waals surface area (Å²) < 4.78 is 12.3. The third kappa shape index (κ3) is 4.74. The molecule has 0 aliphatic carbocycles. The molecule has 2 N–H and O–H groups in total. The zero-order chi connectivity index (χ0) is 21.7. The Hall–Kier alpha value is -3.36. The molecule has 0 radical (unpaired) electrons. The summed E-state index contributed by atoms with van der Waals surface area (Å²) in [6.45, 7) is 4.79. The monoisotopic (exact) mass is 403 g/mol. The summed E-state index contributed by atoms with van der Waals surface area (Å²) >= 11 is 0. The third-order valence-electron chi connectivity index (χ3n) is 4.57. The molecule has 2 rings (SSSR count). The van der Waals surface area contributed by atoms with Crippen molar-refractivity contribution >= 4 is 17.6 Å². The molecule has 0 aliphatic rings. The van der Waals surface area contributed by atoms with Crippen LogP contribution in [0.25, 0.3) is 0 Å². The smallest absolute Gasteiger partial charge is 0.344 e. The zero-order valence-corrected chi connectivity index (χ0v) is 17.0. The number of nitrogens with two attached hydrogens (primary N) is 1. The number of esters is 1. The van der Waals surface area contributed by atoms with Gasteiger partial charge in [0.1, 0.15) is 17.1 Å². The first-order valence-electron chi connectivity index (χ1n) is 9.16. The number of hydrogen-bond donors (Lipinski definition) is 1. The molecule has 0 saturated heterocycles. The van der Waals surface area contributed by atoms with E-state index in [0.29, 0.717) is 12.2 Å². The van der Waals surface area contributed by atoms with Gasteiger partial charge in [0.15, 0.2) is 13.2 Å². The molecule has 0 fully saturated rings. The number of ketones is 1. The van der Waals surface area contributed by atoms with Crippen molar-refractivity contribution in [3.05, 3.63) is 55.7 Å². The van der Waals surface area contributed by atoms with Gasteiger partial charge in [-0.05, 0) is 37.5 Å². The van der Waals surface area contributed by atoms with Crippen LogP contribution in [0.3, 0.4) is 0 Å². The van der Waals surface area contributed by atoms with Crippen molar-refractivity contribution in [2.75, 3.05) is 18.9 Å². The van der Waals surface area contributed by atoms with Gasteiger partial charge in [-0.1, -0.05) is 19.1 Å². The van der Waals surface area contributed by atoms with E-state index in [0.717, 1.165) is 20.3 Å². The van der Waals surface area contributed by atoms with Gasteiger partial charge in [-0.15, -0.1) is 0 Å². The lowest BCUT2D eigenvalue weighted by Gasteiger charge is -2.14. The zero-order valence-electron chi connectivity index (χ0n) is 17.0. The first kappa shape index (κ1) is 21.9. The Morgan fingerprint density at radius 1 is 1.14 bits per heavy atom. The highest BCUT2D eigenvalue weighted by Gasteiger charge is 2.22. The normalized spacial score (nSPS) is 10.6. The maximum Gasteiger partial charge on any atom is 0.344 e. The molecule has 9 heteroatoms. The molecule has 0 unspecified atom stereocenters. The third-order valence-corrected chi connectivity index (χ3v) is 4.57. The van der Waals surface area contributed by atoms with E-state index in [1.165, 1.54) is 7.05 Å². The number of carbonyl (C=O) groups is 2. The second-order valence-corrected chi connectivity index (χ2v) is 6.63. The fourth-order valence-corrected chi connectivity index (χ4v) is 2.76. The van der Waals surface area contributed by atoms with Crippen molar-refractivity contribution < 1.29 is 19.1 Å². The average Bonchev–Trinajstić information content (AvgIpc) is 2.69. The van der Waals surface area contributed by atoms with E-state index >= 15 is 0 Å². The number of hydrogen-bond acceptors (Lipinski definition) is 7. The van der Waals surface area contributed by atoms with Gasteiger partial charge in [0.25, 0.3) is 5.56 Å². The summed E-state index contributed by atoms with van der Waals surface area (Å²) in [5.74, 6) is -1.24. The Bertz CT molecular complexity index is 1050. The fraction of sp³-hybridized carbons (Fsp3) is 0.400. The highest BCUT2D eigenvalue weighted by molar-refractivity contribution is 6.01.